The lowest BCUT2D eigenvalue weighted by Crippen LogP contribution is -2.36. The molecule has 1 saturated carbocycles. The molecule has 0 heterocycles. The zero-order valence-corrected chi connectivity index (χ0v) is 14.1. The van der Waals surface area contributed by atoms with Crippen LogP contribution in [0.15, 0.2) is 18.2 Å². The Morgan fingerprint density at radius 2 is 1.67 bits per heavy atom. The largest absolute Gasteiger partial charge is 0.388 e. The predicted octanol–water partition coefficient (Wildman–Crippen LogP) is 4.24. The molecule has 21 heavy (non-hydrogen) atoms. The van der Waals surface area contributed by atoms with E-state index in [9.17, 15) is 5.11 Å². The van der Waals surface area contributed by atoms with Gasteiger partial charge in [-0.1, -0.05) is 36.2 Å². The van der Waals surface area contributed by atoms with Gasteiger partial charge in [0.1, 0.15) is 0 Å². The van der Waals surface area contributed by atoms with E-state index in [1.165, 1.54) is 36.8 Å². The minimum atomic E-state index is -0.339. The highest BCUT2D eigenvalue weighted by Gasteiger charge is 2.22. The molecular weight excluding hydrogens is 258 g/mol. The van der Waals surface area contributed by atoms with Crippen molar-refractivity contribution in [3.63, 3.8) is 0 Å². The van der Waals surface area contributed by atoms with E-state index in [0.29, 0.717) is 6.04 Å². The number of hydrogen-bond donors (Lipinski definition) is 1. The van der Waals surface area contributed by atoms with Gasteiger partial charge in [-0.3, -0.25) is 0 Å². The van der Waals surface area contributed by atoms with Gasteiger partial charge < -0.3 is 10.0 Å². The van der Waals surface area contributed by atoms with Crippen LogP contribution in [0.5, 0.6) is 0 Å². The van der Waals surface area contributed by atoms with Crippen LogP contribution in [0.25, 0.3) is 0 Å². The number of rotatable bonds is 5. The van der Waals surface area contributed by atoms with Crippen LogP contribution in [0.3, 0.4) is 0 Å². The molecule has 2 rings (SSSR count). The van der Waals surface area contributed by atoms with E-state index >= 15 is 0 Å². The van der Waals surface area contributed by atoms with Gasteiger partial charge in [-0.05, 0) is 64.5 Å². The Hall–Kier alpha value is -0.860. The zero-order chi connectivity index (χ0) is 15.4. The van der Waals surface area contributed by atoms with E-state index in [4.69, 9.17) is 0 Å². The van der Waals surface area contributed by atoms with Gasteiger partial charge in [0, 0.05) is 12.6 Å². The van der Waals surface area contributed by atoms with E-state index in [-0.39, 0.29) is 6.10 Å². The van der Waals surface area contributed by atoms with Gasteiger partial charge in [0.2, 0.25) is 0 Å². The molecule has 1 aliphatic rings. The first kappa shape index (κ1) is 16.5. The van der Waals surface area contributed by atoms with E-state index < -0.39 is 0 Å². The molecular formula is C19H31NO. The summed E-state index contributed by atoms with van der Waals surface area (Å²) in [4.78, 5) is 2.46. The zero-order valence-electron chi connectivity index (χ0n) is 14.1. The number of aryl methyl sites for hydroxylation is 2. The van der Waals surface area contributed by atoms with Crippen LogP contribution < -0.4 is 0 Å². The van der Waals surface area contributed by atoms with Gasteiger partial charge in [0.25, 0.3) is 0 Å². The lowest BCUT2D eigenvalue weighted by Gasteiger charge is -2.34. The van der Waals surface area contributed by atoms with Crippen molar-refractivity contribution in [2.24, 2.45) is 5.92 Å². The second-order valence-electron chi connectivity index (χ2n) is 7.12. The molecule has 1 aromatic rings. The Morgan fingerprint density at radius 3 is 2.24 bits per heavy atom. The van der Waals surface area contributed by atoms with Crippen molar-refractivity contribution >= 4 is 0 Å². The summed E-state index contributed by atoms with van der Waals surface area (Å²) in [7, 11) is 2.22. The van der Waals surface area contributed by atoms with Crippen molar-refractivity contribution < 1.29 is 5.11 Å². The van der Waals surface area contributed by atoms with E-state index in [0.717, 1.165) is 24.4 Å². The number of nitrogens with zero attached hydrogens (tertiary/aromatic N) is 1. The molecule has 2 heteroatoms. The van der Waals surface area contributed by atoms with E-state index in [1.54, 1.807) is 0 Å². The fourth-order valence-corrected chi connectivity index (χ4v) is 3.56. The van der Waals surface area contributed by atoms with E-state index in [2.05, 4.69) is 50.9 Å². The molecule has 1 N–H and O–H groups in total. The Kier molecular flexibility index (Phi) is 5.83. The normalized spacial score (nSPS) is 24.3. The quantitative estimate of drug-likeness (QED) is 0.876. The average molecular weight is 289 g/mol. The van der Waals surface area contributed by atoms with Crippen molar-refractivity contribution in [3.8, 4) is 0 Å². The lowest BCUT2D eigenvalue weighted by atomic mass is 9.86. The molecule has 1 aromatic carbocycles. The topological polar surface area (TPSA) is 23.5 Å². The summed E-state index contributed by atoms with van der Waals surface area (Å²) in [5.74, 6) is 0.899. The molecule has 0 aliphatic heterocycles. The molecule has 0 amide bonds. The highest BCUT2D eigenvalue weighted by atomic mass is 16.3. The number of hydrogen-bond acceptors (Lipinski definition) is 2. The third kappa shape index (κ3) is 4.82. The monoisotopic (exact) mass is 289 g/mol. The molecule has 2 nitrogen and oxygen atoms in total. The van der Waals surface area contributed by atoms with Gasteiger partial charge in [0.15, 0.2) is 0 Å². The van der Waals surface area contributed by atoms with E-state index in [1.807, 2.05) is 0 Å². The van der Waals surface area contributed by atoms with Crippen LogP contribution in [0, 0.1) is 19.8 Å². The molecule has 1 unspecified atom stereocenters. The fourth-order valence-electron chi connectivity index (χ4n) is 3.56. The summed E-state index contributed by atoms with van der Waals surface area (Å²) in [6.45, 7) is 7.53. The van der Waals surface area contributed by atoms with Gasteiger partial charge in [-0.15, -0.1) is 0 Å². The van der Waals surface area contributed by atoms with Gasteiger partial charge in [0.05, 0.1) is 6.10 Å². The maximum Gasteiger partial charge on any atom is 0.0802 e. The molecule has 0 saturated heterocycles. The summed E-state index contributed by atoms with van der Waals surface area (Å²) < 4.78 is 0. The first-order valence-electron chi connectivity index (χ1n) is 8.42. The summed E-state index contributed by atoms with van der Waals surface area (Å²) in [6, 6.07) is 7.10. The van der Waals surface area contributed by atoms with Crippen molar-refractivity contribution in [2.75, 3.05) is 13.6 Å². The van der Waals surface area contributed by atoms with Gasteiger partial charge in [-0.25, -0.2) is 0 Å². The molecule has 1 atom stereocenters. The standard InChI is InChI=1S/C19H31NO/c1-14-5-7-18(8-6-14)20(4)10-9-19(21)17-12-15(2)11-16(3)13-17/h11-14,18-19,21H,5-10H2,1-4H3. The van der Waals surface area contributed by atoms with Crippen molar-refractivity contribution in [1.82, 2.24) is 4.90 Å². The molecule has 118 valence electrons. The first-order chi connectivity index (χ1) is 9.95. The minimum Gasteiger partial charge on any atom is -0.388 e. The van der Waals surface area contributed by atoms with Crippen LogP contribution >= 0.6 is 0 Å². The Labute approximate surface area is 130 Å². The van der Waals surface area contributed by atoms with Crippen molar-refractivity contribution in [1.29, 1.82) is 0 Å². The average Bonchev–Trinajstić information content (AvgIpc) is 2.44. The smallest absolute Gasteiger partial charge is 0.0802 e. The van der Waals surface area contributed by atoms with Crippen molar-refractivity contribution in [3.05, 3.63) is 34.9 Å². The second kappa shape index (κ2) is 7.42. The van der Waals surface area contributed by atoms with Gasteiger partial charge in [-0.2, -0.15) is 0 Å². The summed E-state index contributed by atoms with van der Waals surface area (Å²) in [5, 5.41) is 10.4. The first-order valence-corrected chi connectivity index (χ1v) is 8.42. The van der Waals surface area contributed by atoms with Crippen LogP contribution in [0.2, 0.25) is 0 Å². The third-order valence-electron chi connectivity index (χ3n) is 4.99. The van der Waals surface area contributed by atoms with Crippen LogP contribution in [0.4, 0.5) is 0 Å². The molecule has 0 aromatic heterocycles. The van der Waals surface area contributed by atoms with Crippen LogP contribution in [0.1, 0.15) is 61.8 Å². The molecule has 1 fully saturated rings. The second-order valence-corrected chi connectivity index (χ2v) is 7.12. The fraction of sp³-hybridized carbons (Fsp3) is 0.684. The highest BCUT2D eigenvalue weighted by Crippen LogP contribution is 2.27. The summed E-state index contributed by atoms with van der Waals surface area (Å²) in [5.41, 5.74) is 3.54. The maximum absolute atomic E-state index is 10.4. The Balaban J connectivity index is 1.84. The highest BCUT2D eigenvalue weighted by molar-refractivity contribution is 5.29. The Bertz CT molecular complexity index is 429. The number of benzene rings is 1. The summed E-state index contributed by atoms with van der Waals surface area (Å²) in [6.07, 6.45) is 5.83. The SMILES string of the molecule is Cc1cc(C)cc(C(O)CCN(C)C2CCC(C)CC2)c1. The molecule has 0 radical (unpaired) electrons. The predicted molar refractivity (Wildman–Crippen MR) is 89.5 cm³/mol. The number of aliphatic hydroxyl groups excluding tert-OH is 1. The summed E-state index contributed by atoms with van der Waals surface area (Å²) >= 11 is 0. The third-order valence-corrected chi connectivity index (χ3v) is 4.99. The minimum absolute atomic E-state index is 0.339. The molecule has 1 aliphatic carbocycles. The lowest BCUT2D eigenvalue weighted by molar-refractivity contribution is 0.119. The Morgan fingerprint density at radius 1 is 1.10 bits per heavy atom. The maximum atomic E-state index is 10.4. The molecule has 0 spiro atoms. The molecule has 0 bridgehead atoms. The van der Waals surface area contributed by atoms with Gasteiger partial charge >= 0.3 is 0 Å². The van der Waals surface area contributed by atoms with Crippen LogP contribution in [-0.4, -0.2) is 29.6 Å². The number of aliphatic hydroxyl groups is 1. The van der Waals surface area contributed by atoms with Crippen molar-refractivity contribution in [2.45, 2.75) is 65.0 Å². The van der Waals surface area contributed by atoms with Crippen LogP contribution in [-0.2, 0) is 0 Å².